The van der Waals surface area contributed by atoms with Crippen molar-refractivity contribution in [2.24, 2.45) is 5.92 Å². The molecule has 0 nitrogen and oxygen atoms in total. The Morgan fingerprint density at radius 2 is 1.37 bits per heavy atom. The molecule has 30 heavy (non-hydrogen) atoms. The lowest BCUT2D eigenvalue weighted by atomic mass is 9.57. The molecule has 0 N–H and O–H groups in total. The normalized spacial score (nSPS) is 18.7. The lowest BCUT2D eigenvalue weighted by molar-refractivity contribution is 0.206. The van der Waals surface area contributed by atoms with E-state index in [0.29, 0.717) is 5.92 Å². The summed E-state index contributed by atoms with van der Waals surface area (Å²) in [5.41, 5.74) is 7.81. The van der Waals surface area contributed by atoms with E-state index in [2.05, 4.69) is 91.0 Å². The Hall–Kier alpha value is -3.12. The van der Waals surface area contributed by atoms with Crippen molar-refractivity contribution >= 4 is 21.5 Å². The second-order valence-corrected chi connectivity index (χ2v) is 9.31. The number of benzene rings is 4. The molecule has 3 aliphatic rings. The van der Waals surface area contributed by atoms with Crippen LogP contribution in [0.5, 0.6) is 0 Å². The van der Waals surface area contributed by atoms with E-state index in [-0.39, 0.29) is 5.41 Å². The van der Waals surface area contributed by atoms with Gasteiger partial charge in [-0.3, -0.25) is 0 Å². The molecule has 0 bridgehead atoms. The Balaban J connectivity index is 1.55. The summed E-state index contributed by atoms with van der Waals surface area (Å²) in [5.74, 6) is 0.539. The lowest BCUT2D eigenvalue weighted by Gasteiger charge is -2.47. The standard InChI is InChI=1S/C30H24/c1-4-11-24-20(8-1)14-15-21-18-22-19-27(30(16-7-17-30)23-9-2-3-10-23)25-12-5-6-13-26(25)29(22)28(21)24/h1-6,8-15,19,23H,7,16-18H2. The number of allylic oxidation sites excluding steroid dienone is 4. The smallest absolute Gasteiger partial charge is 0.00568 e. The highest BCUT2D eigenvalue weighted by molar-refractivity contribution is 6.10. The highest BCUT2D eigenvalue weighted by Gasteiger charge is 2.45. The summed E-state index contributed by atoms with van der Waals surface area (Å²) in [6.45, 7) is 0. The summed E-state index contributed by atoms with van der Waals surface area (Å²) in [4.78, 5) is 0. The third-order valence-corrected chi connectivity index (χ3v) is 7.94. The Bertz CT molecular complexity index is 1380. The van der Waals surface area contributed by atoms with Crippen LogP contribution in [0.2, 0.25) is 0 Å². The summed E-state index contributed by atoms with van der Waals surface area (Å²) in [5, 5.41) is 5.64. The van der Waals surface area contributed by atoms with Gasteiger partial charge in [-0.1, -0.05) is 97.5 Å². The molecule has 4 aromatic rings. The van der Waals surface area contributed by atoms with Crippen molar-refractivity contribution in [2.75, 3.05) is 0 Å². The zero-order chi connectivity index (χ0) is 19.7. The first kappa shape index (κ1) is 16.7. The number of hydrogen-bond acceptors (Lipinski definition) is 0. The molecule has 3 aliphatic carbocycles. The first-order valence-electron chi connectivity index (χ1n) is 11.3. The predicted octanol–water partition coefficient (Wildman–Crippen LogP) is 7.73. The van der Waals surface area contributed by atoms with Crippen LogP contribution < -0.4 is 0 Å². The van der Waals surface area contributed by atoms with E-state index in [0.717, 1.165) is 6.42 Å². The molecule has 0 saturated heterocycles. The van der Waals surface area contributed by atoms with Crippen molar-refractivity contribution in [1.82, 2.24) is 0 Å². The molecule has 0 unspecified atom stereocenters. The molecule has 0 spiro atoms. The van der Waals surface area contributed by atoms with Crippen molar-refractivity contribution in [3.63, 3.8) is 0 Å². The molecule has 0 aromatic heterocycles. The fourth-order valence-electron chi connectivity index (χ4n) is 6.38. The SMILES string of the molecule is C1=CC(C2(c3cc4c(c5ccccc35)-c3c(ccc5ccccc35)C4)CCC2)C=C1. The molecule has 4 aromatic carbocycles. The van der Waals surface area contributed by atoms with E-state index in [1.54, 1.807) is 5.56 Å². The van der Waals surface area contributed by atoms with Gasteiger partial charge in [-0.05, 0) is 68.6 Å². The minimum atomic E-state index is 0.273. The minimum Gasteiger partial charge on any atom is -0.0767 e. The first-order chi connectivity index (χ1) is 14.9. The first-order valence-corrected chi connectivity index (χ1v) is 11.3. The van der Waals surface area contributed by atoms with Gasteiger partial charge < -0.3 is 0 Å². The molecule has 0 amide bonds. The van der Waals surface area contributed by atoms with Gasteiger partial charge in [0.2, 0.25) is 0 Å². The van der Waals surface area contributed by atoms with Crippen LogP contribution in [0.15, 0.2) is 91.0 Å². The highest BCUT2D eigenvalue weighted by atomic mass is 14.5. The van der Waals surface area contributed by atoms with E-state index in [1.807, 2.05) is 0 Å². The van der Waals surface area contributed by atoms with Gasteiger partial charge in [0.25, 0.3) is 0 Å². The molecule has 144 valence electrons. The average Bonchev–Trinajstić information content (AvgIpc) is 3.41. The van der Waals surface area contributed by atoms with Crippen LogP contribution >= 0.6 is 0 Å². The fraction of sp³-hybridized carbons (Fsp3) is 0.200. The van der Waals surface area contributed by atoms with Gasteiger partial charge in [-0.2, -0.15) is 0 Å². The highest BCUT2D eigenvalue weighted by Crippen LogP contribution is 2.55. The van der Waals surface area contributed by atoms with E-state index < -0.39 is 0 Å². The third kappa shape index (κ3) is 2.07. The molecular formula is C30H24. The summed E-state index contributed by atoms with van der Waals surface area (Å²) in [7, 11) is 0. The number of rotatable bonds is 2. The van der Waals surface area contributed by atoms with Crippen LogP contribution in [-0.2, 0) is 11.8 Å². The predicted molar refractivity (Wildman–Crippen MR) is 127 cm³/mol. The Morgan fingerprint density at radius 1 is 0.667 bits per heavy atom. The molecule has 0 heteroatoms. The van der Waals surface area contributed by atoms with Crippen LogP contribution in [0.3, 0.4) is 0 Å². The Kier molecular flexibility index (Phi) is 3.30. The zero-order valence-electron chi connectivity index (χ0n) is 17.1. The zero-order valence-corrected chi connectivity index (χ0v) is 17.1. The summed E-state index contributed by atoms with van der Waals surface area (Å²) in [6.07, 6.45) is 14.3. The van der Waals surface area contributed by atoms with E-state index in [4.69, 9.17) is 0 Å². The average molecular weight is 385 g/mol. The fourth-order valence-corrected chi connectivity index (χ4v) is 6.38. The number of fused-ring (bicyclic) bond motifs is 7. The van der Waals surface area contributed by atoms with Crippen molar-refractivity contribution in [3.8, 4) is 11.1 Å². The molecule has 1 saturated carbocycles. The van der Waals surface area contributed by atoms with Crippen LogP contribution in [-0.4, -0.2) is 0 Å². The quantitative estimate of drug-likeness (QED) is 0.292. The van der Waals surface area contributed by atoms with Crippen molar-refractivity contribution in [3.05, 3.63) is 108 Å². The van der Waals surface area contributed by atoms with Gasteiger partial charge in [0.05, 0.1) is 0 Å². The molecule has 7 rings (SSSR count). The van der Waals surface area contributed by atoms with Crippen molar-refractivity contribution in [2.45, 2.75) is 31.1 Å². The van der Waals surface area contributed by atoms with Crippen molar-refractivity contribution < 1.29 is 0 Å². The second kappa shape index (κ2) is 5.95. The van der Waals surface area contributed by atoms with Gasteiger partial charge in [0.1, 0.15) is 0 Å². The lowest BCUT2D eigenvalue weighted by Crippen LogP contribution is -2.40. The van der Waals surface area contributed by atoms with Gasteiger partial charge in [0.15, 0.2) is 0 Å². The molecular weight excluding hydrogens is 360 g/mol. The topological polar surface area (TPSA) is 0 Å². The largest absolute Gasteiger partial charge is 0.0767 e. The summed E-state index contributed by atoms with van der Waals surface area (Å²) < 4.78 is 0. The summed E-state index contributed by atoms with van der Waals surface area (Å²) >= 11 is 0. The Labute approximate surface area is 177 Å². The molecule has 1 fully saturated rings. The van der Waals surface area contributed by atoms with Crippen LogP contribution in [0, 0.1) is 5.92 Å². The van der Waals surface area contributed by atoms with E-state index >= 15 is 0 Å². The molecule has 0 atom stereocenters. The second-order valence-electron chi connectivity index (χ2n) is 9.31. The molecule has 0 heterocycles. The van der Waals surface area contributed by atoms with Crippen LogP contribution in [0.25, 0.3) is 32.7 Å². The monoisotopic (exact) mass is 384 g/mol. The van der Waals surface area contributed by atoms with Gasteiger partial charge >= 0.3 is 0 Å². The summed E-state index contributed by atoms with van der Waals surface area (Å²) in [6, 6.07) is 25.3. The van der Waals surface area contributed by atoms with Crippen LogP contribution in [0.1, 0.15) is 36.0 Å². The maximum Gasteiger partial charge on any atom is 0.00568 e. The van der Waals surface area contributed by atoms with Crippen molar-refractivity contribution in [1.29, 1.82) is 0 Å². The van der Waals surface area contributed by atoms with Gasteiger partial charge in [-0.15, -0.1) is 0 Å². The maximum absolute atomic E-state index is 2.59. The minimum absolute atomic E-state index is 0.273. The molecule has 0 aliphatic heterocycles. The maximum atomic E-state index is 2.59. The number of hydrogen-bond donors (Lipinski definition) is 0. The van der Waals surface area contributed by atoms with Gasteiger partial charge in [-0.25, -0.2) is 0 Å². The van der Waals surface area contributed by atoms with Gasteiger partial charge in [0, 0.05) is 11.3 Å². The molecule has 0 radical (unpaired) electrons. The third-order valence-electron chi connectivity index (χ3n) is 7.94. The Morgan fingerprint density at radius 3 is 2.13 bits per heavy atom. The van der Waals surface area contributed by atoms with E-state index in [9.17, 15) is 0 Å². The van der Waals surface area contributed by atoms with Crippen LogP contribution in [0.4, 0.5) is 0 Å². The van der Waals surface area contributed by atoms with E-state index in [1.165, 1.54) is 63.1 Å².